The number of imidazole rings is 1. The Morgan fingerprint density at radius 2 is 1.83 bits per heavy atom. The first kappa shape index (κ1) is 22.3. The number of rotatable bonds is 7. The summed E-state index contributed by atoms with van der Waals surface area (Å²) in [5.41, 5.74) is 6.97. The summed E-state index contributed by atoms with van der Waals surface area (Å²) in [5.74, 6) is 0.879. The molecule has 0 atom stereocenters. The first-order valence-corrected chi connectivity index (χ1v) is 10.7. The number of nitrogens with two attached hydrogens (primary N) is 1. The summed E-state index contributed by atoms with van der Waals surface area (Å²) in [6.07, 6.45) is -0.865. The van der Waals surface area contributed by atoms with E-state index in [-0.39, 0.29) is 18.3 Å². The van der Waals surface area contributed by atoms with Gasteiger partial charge in [-0.2, -0.15) is 0 Å². The number of aromatic nitrogens is 2. The fraction of sp³-hybridized carbons (Fsp3) is 0.238. The quantitative estimate of drug-likeness (QED) is 0.458. The fourth-order valence-corrected chi connectivity index (χ4v) is 4.79. The summed E-state index contributed by atoms with van der Waals surface area (Å²) in [4.78, 5) is 16.8. The maximum atomic E-state index is 11.2. The summed E-state index contributed by atoms with van der Waals surface area (Å²) < 4.78 is 7.00. The highest BCUT2D eigenvalue weighted by atomic mass is 35.5. The molecular formula is C21H21Cl2N3O3S. The number of phenolic OH excluding ortho intramolecular Hbond substituents is 1. The van der Waals surface area contributed by atoms with Gasteiger partial charge in [0.1, 0.15) is 16.6 Å². The molecule has 0 spiro atoms. The number of primary amides is 1. The number of aromatic hydroxyl groups is 1. The van der Waals surface area contributed by atoms with Gasteiger partial charge in [0.2, 0.25) is 0 Å². The predicted octanol–water partition coefficient (Wildman–Crippen LogP) is 5.81. The molecule has 30 heavy (non-hydrogen) atoms. The molecule has 1 amide bonds. The molecule has 0 bridgehead atoms. The van der Waals surface area contributed by atoms with E-state index in [1.54, 1.807) is 18.2 Å². The summed E-state index contributed by atoms with van der Waals surface area (Å²) >= 11 is 13.8. The van der Waals surface area contributed by atoms with E-state index < -0.39 is 6.09 Å². The Morgan fingerprint density at radius 3 is 2.40 bits per heavy atom. The van der Waals surface area contributed by atoms with Gasteiger partial charge >= 0.3 is 6.09 Å². The average molecular weight is 466 g/mol. The lowest BCUT2D eigenvalue weighted by molar-refractivity contribution is 0.145. The van der Waals surface area contributed by atoms with Gasteiger partial charge in [-0.3, -0.25) is 0 Å². The van der Waals surface area contributed by atoms with Crippen LogP contribution in [0.1, 0.15) is 36.8 Å². The fourth-order valence-electron chi connectivity index (χ4n) is 2.88. The number of hydrogen-bond acceptors (Lipinski definition) is 5. The molecule has 3 rings (SSSR count). The first-order chi connectivity index (χ1) is 14.2. The van der Waals surface area contributed by atoms with Crippen LogP contribution in [-0.2, 0) is 17.9 Å². The molecule has 0 saturated heterocycles. The molecular weight excluding hydrogens is 445 g/mol. The third-order valence-electron chi connectivity index (χ3n) is 4.24. The number of nitrogens with zero attached hydrogens (tertiary/aromatic N) is 2. The number of halogens is 2. The smallest absolute Gasteiger partial charge is 0.404 e. The van der Waals surface area contributed by atoms with E-state index in [0.717, 1.165) is 21.2 Å². The summed E-state index contributed by atoms with van der Waals surface area (Å²) in [5, 5.41) is 11.5. The molecule has 0 aliphatic heterocycles. The Hall–Kier alpha value is -2.35. The van der Waals surface area contributed by atoms with Crippen LogP contribution in [0.3, 0.4) is 0 Å². The minimum Gasteiger partial charge on any atom is -0.508 e. The van der Waals surface area contributed by atoms with Crippen LogP contribution in [-0.4, -0.2) is 20.8 Å². The Bertz CT molecular complexity index is 1030. The largest absolute Gasteiger partial charge is 0.508 e. The topological polar surface area (TPSA) is 90.4 Å². The minimum atomic E-state index is -0.865. The van der Waals surface area contributed by atoms with Crippen molar-refractivity contribution < 1.29 is 14.6 Å². The molecule has 0 saturated carbocycles. The molecule has 0 aliphatic carbocycles. The lowest BCUT2D eigenvalue weighted by Crippen LogP contribution is -2.15. The van der Waals surface area contributed by atoms with Crippen molar-refractivity contribution in [3.8, 4) is 5.75 Å². The zero-order chi connectivity index (χ0) is 21.8. The van der Waals surface area contributed by atoms with E-state index in [9.17, 15) is 9.90 Å². The van der Waals surface area contributed by atoms with Crippen LogP contribution < -0.4 is 5.73 Å². The van der Waals surface area contributed by atoms with Crippen LogP contribution in [0.15, 0.2) is 52.4 Å². The van der Waals surface area contributed by atoms with Crippen LogP contribution in [0, 0.1) is 0 Å². The maximum absolute atomic E-state index is 11.2. The second kappa shape index (κ2) is 9.64. The van der Waals surface area contributed by atoms with Crippen molar-refractivity contribution in [3.05, 3.63) is 69.6 Å². The van der Waals surface area contributed by atoms with Crippen LogP contribution >= 0.6 is 35.0 Å². The Labute approximate surface area is 189 Å². The zero-order valence-corrected chi connectivity index (χ0v) is 18.8. The molecule has 158 valence electrons. The van der Waals surface area contributed by atoms with Crippen molar-refractivity contribution in [3.63, 3.8) is 0 Å². The van der Waals surface area contributed by atoms with Gasteiger partial charge in [-0.15, -0.1) is 0 Å². The average Bonchev–Trinajstić information content (AvgIpc) is 2.98. The van der Waals surface area contributed by atoms with Gasteiger partial charge in [0.15, 0.2) is 6.61 Å². The van der Waals surface area contributed by atoms with Gasteiger partial charge in [-0.25, -0.2) is 9.78 Å². The van der Waals surface area contributed by atoms with Crippen molar-refractivity contribution >= 4 is 41.1 Å². The van der Waals surface area contributed by atoms with E-state index >= 15 is 0 Å². The van der Waals surface area contributed by atoms with Gasteiger partial charge in [-0.05, 0) is 41.8 Å². The van der Waals surface area contributed by atoms with Crippen molar-refractivity contribution in [2.75, 3.05) is 0 Å². The zero-order valence-electron chi connectivity index (χ0n) is 16.4. The van der Waals surface area contributed by atoms with Gasteiger partial charge in [-0.1, -0.05) is 60.9 Å². The second-order valence-electron chi connectivity index (χ2n) is 6.94. The van der Waals surface area contributed by atoms with Gasteiger partial charge in [0.25, 0.3) is 0 Å². The molecule has 9 heteroatoms. The van der Waals surface area contributed by atoms with E-state index in [2.05, 4.69) is 0 Å². The number of benzene rings is 2. The highest BCUT2D eigenvalue weighted by Crippen LogP contribution is 2.37. The van der Waals surface area contributed by atoms with E-state index in [1.807, 2.05) is 42.7 Å². The standard InChI is InChI=1S/C21H21Cl2N3O3S/c1-12(2)19-20(30-17-8-14(22)7-15(23)9-17)26(18(25-19)11-29-21(24)28)10-13-3-5-16(27)6-4-13/h3-9,12,27H,10-11H2,1-2H3,(H2,24,28). The highest BCUT2D eigenvalue weighted by molar-refractivity contribution is 7.99. The van der Waals surface area contributed by atoms with E-state index in [0.29, 0.717) is 22.4 Å². The van der Waals surface area contributed by atoms with Gasteiger partial charge in [0.05, 0.1) is 5.69 Å². The lowest BCUT2D eigenvalue weighted by atomic mass is 10.1. The molecule has 1 aromatic heterocycles. The first-order valence-electron chi connectivity index (χ1n) is 9.16. The monoisotopic (exact) mass is 465 g/mol. The lowest BCUT2D eigenvalue weighted by Gasteiger charge is -2.14. The van der Waals surface area contributed by atoms with Crippen LogP contribution in [0.25, 0.3) is 0 Å². The molecule has 3 N–H and O–H groups in total. The summed E-state index contributed by atoms with van der Waals surface area (Å²) in [6.45, 7) is 4.50. The molecule has 6 nitrogen and oxygen atoms in total. The number of hydrogen-bond donors (Lipinski definition) is 2. The summed E-state index contributed by atoms with van der Waals surface area (Å²) in [7, 11) is 0. The molecule has 1 heterocycles. The Kier molecular flexibility index (Phi) is 7.18. The highest BCUT2D eigenvalue weighted by Gasteiger charge is 2.22. The summed E-state index contributed by atoms with van der Waals surface area (Å²) in [6, 6.07) is 12.2. The maximum Gasteiger partial charge on any atom is 0.404 e. The number of carbonyl (C=O) groups excluding carboxylic acids is 1. The number of carbonyl (C=O) groups is 1. The molecule has 0 radical (unpaired) electrons. The van der Waals surface area contributed by atoms with Gasteiger partial charge in [0, 0.05) is 21.5 Å². The van der Waals surface area contributed by atoms with Crippen molar-refractivity contribution in [1.82, 2.24) is 9.55 Å². The van der Waals surface area contributed by atoms with Crippen LogP contribution in [0.2, 0.25) is 10.0 Å². The molecule has 2 aromatic carbocycles. The van der Waals surface area contributed by atoms with Crippen molar-refractivity contribution in [1.29, 1.82) is 0 Å². The molecule has 3 aromatic rings. The predicted molar refractivity (Wildman–Crippen MR) is 118 cm³/mol. The normalized spacial score (nSPS) is 11.1. The third kappa shape index (κ3) is 5.62. The van der Waals surface area contributed by atoms with E-state index in [4.69, 9.17) is 38.7 Å². The van der Waals surface area contributed by atoms with Crippen molar-refractivity contribution in [2.24, 2.45) is 5.73 Å². The van der Waals surface area contributed by atoms with Crippen LogP contribution in [0.4, 0.5) is 4.79 Å². The third-order valence-corrected chi connectivity index (χ3v) is 5.77. The van der Waals surface area contributed by atoms with Crippen LogP contribution in [0.5, 0.6) is 5.75 Å². The number of amides is 1. The SMILES string of the molecule is CC(C)c1nc(COC(N)=O)n(Cc2ccc(O)cc2)c1Sc1cc(Cl)cc(Cl)c1. The molecule has 0 aliphatic rings. The van der Waals surface area contributed by atoms with Gasteiger partial charge < -0.3 is 20.1 Å². The molecule has 0 unspecified atom stereocenters. The number of ether oxygens (including phenoxy) is 1. The molecule has 0 fully saturated rings. The number of phenols is 1. The Morgan fingerprint density at radius 1 is 1.20 bits per heavy atom. The second-order valence-corrected chi connectivity index (χ2v) is 8.88. The minimum absolute atomic E-state index is 0.0516. The Balaban J connectivity index is 2.08. The van der Waals surface area contributed by atoms with Crippen molar-refractivity contribution in [2.45, 2.75) is 42.8 Å². The van der Waals surface area contributed by atoms with E-state index in [1.165, 1.54) is 11.8 Å².